The van der Waals surface area contributed by atoms with Crippen LogP contribution in [0.25, 0.3) is 0 Å². The summed E-state index contributed by atoms with van der Waals surface area (Å²) in [6.45, 7) is 4.06. The Labute approximate surface area is 130 Å². The maximum Gasteiger partial charge on any atom is 0.0837 e. The van der Waals surface area contributed by atoms with Crippen LogP contribution in [0.4, 0.5) is 0 Å². The van der Waals surface area contributed by atoms with Crippen LogP contribution in [0.2, 0.25) is 10.0 Å². The van der Waals surface area contributed by atoms with Crippen molar-refractivity contribution < 1.29 is 0 Å². The Bertz CT molecular complexity index is 596. The molecule has 19 heavy (non-hydrogen) atoms. The molecule has 1 heterocycles. The molecule has 2 aromatic rings. The maximum absolute atomic E-state index is 6.31. The topological polar surface area (TPSA) is 43.8 Å². The highest BCUT2D eigenvalue weighted by atomic mass is 79.9. The first-order chi connectivity index (χ1) is 8.91. The molecule has 0 bridgehead atoms. The van der Waals surface area contributed by atoms with Crippen molar-refractivity contribution in [3.8, 4) is 0 Å². The predicted octanol–water partition coefficient (Wildman–Crippen LogP) is 4.58. The van der Waals surface area contributed by atoms with Gasteiger partial charge in [-0.1, -0.05) is 45.2 Å². The molecule has 0 spiro atoms. The Kier molecular flexibility index (Phi) is 4.56. The number of aromatic nitrogens is 2. The molecular formula is C13H14BrCl2N3. The van der Waals surface area contributed by atoms with Crippen LogP contribution in [-0.4, -0.2) is 9.78 Å². The second kappa shape index (κ2) is 5.83. The molecule has 0 aliphatic rings. The van der Waals surface area contributed by atoms with E-state index in [4.69, 9.17) is 28.9 Å². The highest BCUT2D eigenvalue weighted by Gasteiger charge is 2.21. The van der Waals surface area contributed by atoms with Crippen molar-refractivity contribution in [2.75, 3.05) is 0 Å². The van der Waals surface area contributed by atoms with Gasteiger partial charge in [0.1, 0.15) is 0 Å². The molecule has 0 aliphatic carbocycles. The Morgan fingerprint density at radius 1 is 1.26 bits per heavy atom. The van der Waals surface area contributed by atoms with Gasteiger partial charge in [0.25, 0.3) is 0 Å². The second-order valence-electron chi connectivity index (χ2n) is 4.56. The van der Waals surface area contributed by atoms with Crippen LogP contribution >= 0.6 is 39.1 Å². The molecule has 1 atom stereocenters. The summed E-state index contributed by atoms with van der Waals surface area (Å²) < 4.78 is 2.74. The zero-order valence-corrected chi connectivity index (χ0v) is 13.7. The third-order valence-corrected chi connectivity index (χ3v) is 3.98. The van der Waals surface area contributed by atoms with Crippen molar-refractivity contribution in [3.05, 3.63) is 50.2 Å². The molecule has 0 fully saturated rings. The minimum absolute atomic E-state index is 0.183. The third kappa shape index (κ3) is 2.97. The quantitative estimate of drug-likeness (QED) is 0.868. The van der Waals surface area contributed by atoms with Gasteiger partial charge in [-0.25, -0.2) is 0 Å². The molecule has 3 nitrogen and oxygen atoms in total. The van der Waals surface area contributed by atoms with E-state index in [1.165, 1.54) is 0 Å². The van der Waals surface area contributed by atoms with E-state index in [-0.39, 0.29) is 6.04 Å². The first-order valence-electron chi connectivity index (χ1n) is 5.85. The van der Waals surface area contributed by atoms with Crippen LogP contribution in [0.5, 0.6) is 0 Å². The molecule has 102 valence electrons. The number of rotatable bonds is 3. The summed E-state index contributed by atoms with van der Waals surface area (Å²) >= 11 is 15.8. The van der Waals surface area contributed by atoms with Gasteiger partial charge < -0.3 is 5.73 Å². The van der Waals surface area contributed by atoms with Gasteiger partial charge in [0, 0.05) is 15.5 Å². The summed E-state index contributed by atoms with van der Waals surface area (Å²) in [6, 6.07) is 5.40. The van der Waals surface area contributed by atoms with Gasteiger partial charge in [-0.15, -0.1) is 0 Å². The van der Waals surface area contributed by atoms with E-state index in [0.717, 1.165) is 15.7 Å². The van der Waals surface area contributed by atoms with Crippen molar-refractivity contribution >= 4 is 39.1 Å². The molecule has 0 saturated carbocycles. The SMILES string of the molecule is CC(C)n1ncc(Cl)c1C(N)c1ccc(Br)cc1Cl. The Balaban J connectivity index is 2.49. The average Bonchev–Trinajstić information content (AvgIpc) is 2.70. The lowest BCUT2D eigenvalue weighted by Gasteiger charge is -2.18. The minimum Gasteiger partial charge on any atom is -0.319 e. The van der Waals surface area contributed by atoms with Gasteiger partial charge in [-0.2, -0.15) is 5.10 Å². The van der Waals surface area contributed by atoms with E-state index in [1.54, 1.807) is 6.20 Å². The summed E-state index contributed by atoms with van der Waals surface area (Å²) in [5, 5.41) is 5.42. The molecule has 1 unspecified atom stereocenters. The minimum atomic E-state index is -0.405. The summed E-state index contributed by atoms with van der Waals surface area (Å²) in [4.78, 5) is 0. The van der Waals surface area contributed by atoms with E-state index < -0.39 is 6.04 Å². The molecule has 2 N–H and O–H groups in total. The standard InChI is InChI=1S/C13H14BrCl2N3/c1-7(2)19-13(11(16)6-18-19)12(17)9-4-3-8(14)5-10(9)15/h3-7,12H,17H2,1-2H3. The monoisotopic (exact) mass is 361 g/mol. The van der Waals surface area contributed by atoms with E-state index >= 15 is 0 Å². The maximum atomic E-state index is 6.31. The molecule has 0 aliphatic heterocycles. The first kappa shape index (κ1) is 14.9. The summed E-state index contributed by atoms with van der Waals surface area (Å²) in [6.07, 6.45) is 1.61. The summed E-state index contributed by atoms with van der Waals surface area (Å²) in [5.74, 6) is 0. The molecule has 6 heteroatoms. The fourth-order valence-corrected chi connectivity index (χ4v) is 2.99. The van der Waals surface area contributed by atoms with Crippen LogP contribution in [-0.2, 0) is 0 Å². The number of nitrogens with two attached hydrogens (primary N) is 1. The molecule has 0 amide bonds. The summed E-state index contributed by atoms with van der Waals surface area (Å²) in [7, 11) is 0. The lowest BCUT2D eigenvalue weighted by Crippen LogP contribution is -2.19. The summed E-state index contributed by atoms with van der Waals surface area (Å²) in [5.41, 5.74) is 7.91. The normalized spacial score (nSPS) is 13.0. The van der Waals surface area contributed by atoms with E-state index in [9.17, 15) is 0 Å². The largest absolute Gasteiger partial charge is 0.319 e. The molecular weight excluding hydrogens is 349 g/mol. The van der Waals surface area contributed by atoms with Crippen molar-refractivity contribution in [1.29, 1.82) is 0 Å². The fraction of sp³-hybridized carbons (Fsp3) is 0.308. The molecule has 2 rings (SSSR count). The van der Waals surface area contributed by atoms with Crippen LogP contribution in [0.3, 0.4) is 0 Å². The zero-order valence-electron chi connectivity index (χ0n) is 10.6. The second-order valence-corrected chi connectivity index (χ2v) is 6.29. The Hall–Kier alpha value is -0.550. The fourth-order valence-electron chi connectivity index (χ4n) is 1.95. The Morgan fingerprint density at radius 2 is 1.95 bits per heavy atom. The van der Waals surface area contributed by atoms with Gasteiger partial charge >= 0.3 is 0 Å². The molecule has 1 aromatic carbocycles. The molecule has 1 aromatic heterocycles. The highest BCUT2D eigenvalue weighted by Crippen LogP contribution is 2.33. The lowest BCUT2D eigenvalue weighted by atomic mass is 10.0. The van der Waals surface area contributed by atoms with Crippen LogP contribution in [0.1, 0.15) is 37.2 Å². The van der Waals surface area contributed by atoms with Crippen LogP contribution in [0.15, 0.2) is 28.9 Å². The molecule has 0 radical (unpaired) electrons. The number of halogens is 3. The van der Waals surface area contributed by atoms with Crippen LogP contribution in [0, 0.1) is 0 Å². The third-order valence-electron chi connectivity index (χ3n) is 2.87. The van der Waals surface area contributed by atoms with Gasteiger partial charge in [0.2, 0.25) is 0 Å². The van der Waals surface area contributed by atoms with Gasteiger partial charge in [0.05, 0.1) is 23.0 Å². The average molecular weight is 363 g/mol. The highest BCUT2D eigenvalue weighted by molar-refractivity contribution is 9.10. The van der Waals surface area contributed by atoms with Crippen molar-refractivity contribution in [2.45, 2.75) is 25.9 Å². The predicted molar refractivity (Wildman–Crippen MR) is 82.8 cm³/mol. The smallest absolute Gasteiger partial charge is 0.0837 e. The van der Waals surface area contributed by atoms with Gasteiger partial charge in [-0.3, -0.25) is 4.68 Å². The zero-order chi connectivity index (χ0) is 14.2. The number of nitrogens with zero attached hydrogens (tertiary/aromatic N) is 2. The van der Waals surface area contributed by atoms with Crippen molar-refractivity contribution in [1.82, 2.24) is 9.78 Å². The Morgan fingerprint density at radius 3 is 2.53 bits per heavy atom. The number of hydrogen-bond donors (Lipinski definition) is 1. The lowest BCUT2D eigenvalue weighted by molar-refractivity contribution is 0.499. The number of hydrogen-bond acceptors (Lipinski definition) is 2. The number of benzene rings is 1. The van der Waals surface area contributed by atoms with E-state index in [2.05, 4.69) is 21.0 Å². The van der Waals surface area contributed by atoms with Crippen molar-refractivity contribution in [2.24, 2.45) is 5.73 Å². The van der Waals surface area contributed by atoms with Gasteiger partial charge in [-0.05, 0) is 31.5 Å². The molecule has 0 saturated heterocycles. The van der Waals surface area contributed by atoms with E-state index in [0.29, 0.717) is 10.0 Å². The first-order valence-corrected chi connectivity index (χ1v) is 7.40. The van der Waals surface area contributed by atoms with Gasteiger partial charge in [0.15, 0.2) is 0 Å². The van der Waals surface area contributed by atoms with E-state index in [1.807, 2.05) is 36.7 Å². The van der Waals surface area contributed by atoms with Crippen molar-refractivity contribution in [3.63, 3.8) is 0 Å². The van der Waals surface area contributed by atoms with Crippen LogP contribution < -0.4 is 5.73 Å².